The van der Waals surface area contributed by atoms with Gasteiger partial charge < -0.3 is 10.8 Å². The van der Waals surface area contributed by atoms with Gasteiger partial charge in [0.2, 0.25) is 0 Å². The van der Waals surface area contributed by atoms with Gasteiger partial charge in [0.25, 0.3) is 0 Å². The van der Waals surface area contributed by atoms with Crippen LogP contribution in [-0.2, 0) is 18.3 Å². The van der Waals surface area contributed by atoms with Crippen molar-refractivity contribution in [1.82, 2.24) is 0 Å². The summed E-state index contributed by atoms with van der Waals surface area (Å²) < 4.78 is 0. The average molecular weight is 171 g/mol. The summed E-state index contributed by atoms with van der Waals surface area (Å²) in [4.78, 5) is 0. The normalized spacial score (nSPS) is 6.14. The number of thiocarbonyl (C=S) groups is 1. The standard InChI is InChI=1S/C2H5.CH3NOS.Zn/c1-2;2-1(3)4;/h1H2,2H3;(H3,2,3,4);/q;;+1/p-1. The number of rotatable bonds is 0. The van der Waals surface area contributed by atoms with Gasteiger partial charge in [-0.2, -0.15) is 0 Å². The molecule has 38 valence electrons. The maximum absolute atomic E-state index is 9.04. The maximum atomic E-state index is 9.04. The van der Waals surface area contributed by atoms with Gasteiger partial charge in [-0.05, 0) is 0 Å². The molecular weight excluding hydrogens is 163 g/mol. The van der Waals surface area contributed by atoms with Crippen LogP contribution in [0.25, 0.3) is 0 Å². The third-order valence-electron chi connectivity index (χ3n) is 0. The van der Waals surface area contributed by atoms with Gasteiger partial charge >= 0.3 is 30.2 Å². The first kappa shape index (κ1) is 10.3. The molecular formula is C3H7NOSZn. The molecule has 0 aliphatic heterocycles. The maximum Gasteiger partial charge on any atom is 0.0209 e. The molecule has 0 atom stereocenters. The van der Waals surface area contributed by atoms with E-state index < -0.39 is 5.17 Å². The summed E-state index contributed by atoms with van der Waals surface area (Å²) in [6.45, 7) is 2.18. The molecule has 0 aromatic heterocycles. The number of hydrogen-bond acceptors (Lipinski definition) is 2. The van der Waals surface area contributed by atoms with Crippen LogP contribution in [0, 0.1) is 0 Å². The van der Waals surface area contributed by atoms with E-state index in [0.29, 0.717) is 0 Å². The van der Waals surface area contributed by atoms with Crippen molar-refractivity contribution >= 4 is 17.4 Å². The fraction of sp³-hybridized carbons (Fsp3) is 0.667. The van der Waals surface area contributed by atoms with Crippen LogP contribution in [0.2, 0.25) is 5.02 Å². The Morgan fingerprint density at radius 2 is 2.00 bits per heavy atom. The molecule has 0 fully saturated rings. The Kier molecular flexibility index (Phi) is 14.1. The molecule has 0 bridgehead atoms. The van der Waals surface area contributed by atoms with Crippen LogP contribution in [-0.4, -0.2) is 5.17 Å². The summed E-state index contributed by atoms with van der Waals surface area (Å²) in [5.74, 6) is 0. The molecule has 0 heterocycles. The van der Waals surface area contributed by atoms with Crippen LogP contribution in [0.5, 0.6) is 0 Å². The molecule has 0 aromatic carbocycles. The van der Waals surface area contributed by atoms with Crippen LogP contribution in [0.15, 0.2) is 0 Å². The van der Waals surface area contributed by atoms with E-state index in [1.54, 1.807) is 0 Å². The summed E-state index contributed by atoms with van der Waals surface area (Å²) in [6.07, 6.45) is 0. The third kappa shape index (κ3) is 1200. The Labute approximate surface area is 58.8 Å². The van der Waals surface area contributed by atoms with Crippen molar-refractivity contribution in [2.24, 2.45) is 5.73 Å². The van der Waals surface area contributed by atoms with Crippen molar-refractivity contribution in [2.75, 3.05) is 0 Å². The summed E-state index contributed by atoms with van der Waals surface area (Å²) >= 11 is 5.20. The zero-order chi connectivity index (χ0) is 6.28. The Morgan fingerprint density at radius 1 is 2.00 bits per heavy atom. The summed E-state index contributed by atoms with van der Waals surface area (Å²) in [6, 6.07) is 0. The first-order chi connectivity index (χ1) is 3.15. The Bertz CT molecular complexity index is 46.2. The summed E-state index contributed by atoms with van der Waals surface area (Å²) in [5, 5.41) is 9.66. The predicted octanol–water partition coefficient (Wildman–Crippen LogP) is -0.438. The van der Waals surface area contributed by atoms with Gasteiger partial charge in [0, 0.05) is 5.17 Å². The van der Waals surface area contributed by atoms with Crippen molar-refractivity contribution in [3.05, 3.63) is 0 Å². The van der Waals surface area contributed by atoms with E-state index in [1.807, 2.05) is 0 Å². The molecule has 0 aliphatic carbocycles. The van der Waals surface area contributed by atoms with Gasteiger partial charge in [-0.3, -0.25) is 0 Å². The minimum atomic E-state index is -0.750. The van der Waals surface area contributed by atoms with E-state index in [0.717, 1.165) is 0 Å². The van der Waals surface area contributed by atoms with E-state index in [9.17, 15) is 0 Å². The van der Waals surface area contributed by atoms with Gasteiger partial charge in [-0.1, -0.05) is 12.2 Å². The van der Waals surface area contributed by atoms with E-state index in [1.165, 1.54) is 23.3 Å². The van der Waals surface area contributed by atoms with Gasteiger partial charge in [0.05, 0.1) is 0 Å². The summed E-state index contributed by atoms with van der Waals surface area (Å²) in [7, 11) is 0. The molecule has 0 amide bonds. The molecule has 0 radical (unpaired) electrons. The van der Waals surface area contributed by atoms with Gasteiger partial charge in [0.15, 0.2) is 0 Å². The molecule has 0 saturated carbocycles. The van der Waals surface area contributed by atoms with E-state index in [4.69, 9.17) is 5.11 Å². The zero-order valence-corrected chi connectivity index (χ0v) is 8.09. The SMILES string of the molecule is C[CH2][Zn+].NC([O-])=S. The first-order valence-corrected chi connectivity index (χ1v) is 4.41. The van der Waals surface area contributed by atoms with Crippen molar-refractivity contribution in [3.8, 4) is 0 Å². The second kappa shape index (κ2) is 9.58. The number of hydrogen-bond donors (Lipinski definition) is 1. The van der Waals surface area contributed by atoms with Crippen molar-refractivity contribution in [3.63, 3.8) is 0 Å². The number of nitrogens with two attached hydrogens (primary N) is 1. The zero-order valence-electron chi connectivity index (χ0n) is 4.31. The predicted molar refractivity (Wildman–Crippen MR) is 27.3 cm³/mol. The van der Waals surface area contributed by atoms with Crippen molar-refractivity contribution in [2.45, 2.75) is 11.9 Å². The topological polar surface area (TPSA) is 49.1 Å². The Hall–Kier alpha value is 0.313. The minimum Gasteiger partial charge on any atom is -0.852 e. The molecule has 0 rings (SSSR count). The fourth-order valence-electron chi connectivity index (χ4n) is 0. The second-order valence-electron chi connectivity index (χ2n) is 0.819. The van der Waals surface area contributed by atoms with E-state index in [2.05, 4.69) is 24.9 Å². The minimum absolute atomic E-state index is 0.750. The molecule has 0 unspecified atom stereocenters. The first-order valence-electron chi connectivity index (χ1n) is 1.90. The van der Waals surface area contributed by atoms with Gasteiger partial charge in [0.1, 0.15) is 0 Å². The van der Waals surface area contributed by atoms with E-state index >= 15 is 0 Å². The van der Waals surface area contributed by atoms with Crippen LogP contribution in [0.3, 0.4) is 0 Å². The summed E-state index contributed by atoms with van der Waals surface area (Å²) in [5.41, 5.74) is 4.29. The quantitative estimate of drug-likeness (QED) is 0.396. The Morgan fingerprint density at radius 3 is 2.00 bits per heavy atom. The Balaban J connectivity index is 0. The van der Waals surface area contributed by atoms with Crippen LogP contribution >= 0.6 is 12.2 Å². The molecule has 2 nitrogen and oxygen atoms in total. The molecule has 2 N–H and O–H groups in total. The molecule has 0 saturated heterocycles. The van der Waals surface area contributed by atoms with Gasteiger partial charge in [-0.25, -0.2) is 0 Å². The van der Waals surface area contributed by atoms with Crippen LogP contribution in [0.1, 0.15) is 6.92 Å². The largest absolute Gasteiger partial charge is 0.852 e. The van der Waals surface area contributed by atoms with Crippen molar-refractivity contribution in [1.29, 1.82) is 0 Å². The van der Waals surface area contributed by atoms with Crippen LogP contribution < -0.4 is 10.8 Å². The molecule has 0 spiro atoms. The smallest absolute Gasteiger partial charge is 0.0209 e. The van der Waals surface area contributed by atoms with Gasteiger partial charge in [-0.15, -0.1) is 0 Å². The van der Waals surface area contributed by atoms with E-state index in [-0.39, 0.29) is 0 Å². The molecule has 7 heavy (non-hydrogen) atoms. The van der Waals surface area contributed by atoms with Crippen LogP contribution in [0.4, 0.5) is 0 Å². The average Bonchev–Trinajstić information content (AvgIpc) is 1.33. The monoisotopic (exact) mass is 169 g/mol. The fourth-order valence-corrected chi connectivity index (χ4v) is 0. The molecule has 0 aliphatic rings. The molecule has 4 heteroatoms. The molecule has 0 aromatic rings. The third-order valence-corrected chi connectivity index (χ3v) is 0. The second-order valence-corrected chi connectivity index (χ2v) is 3.32. The van der Waals surface area contributed by atoms with Crippen molar-refractivity contribution < 1.29 is 23.4 Å².